The minimum absolute atomic E-state index is 0.227. The Morgan fingerprint density at radius 3 is 2.52 bits per heavy atom. The lowest BCUT2D eigenvalue weighted by Gasteiger charge is -2.09. The normalized spacial score (nSPS) is 10.6. The van der Waals surface area contributed by atoms with E-state index in [4.69, 9.17) is 0 Å². The Bertz CT molecular complexity index is 722. The van der Waals surface area contributed by atoms with E-state index in [0.29, 0.717) is 5.56 Å². The molecule has 0 saturated heterocycles. The van der Waals surface area contributed by atoms with E-state index in [2.05, 4.69) is 10.4 Å². The summed E-state index contributed by atoms with van der Waals surface area (Å²) in [4.78, 5) is 0. The topological polar surface area (TPSA) is 29.9 Å². The maximum Gasteiger partial charge on any atom is 0.163 e. The molecule has 0 atom stereocenters. The molecule has 0 amide bonds. The molecule has 21 heavy (non-hydrogen) atoms. The Morgan fingerprint density at radius 2 is 1.81 bits per heavy atom. The van der Waals surface area contributed by atoms with Gasteiger partial charge in [0.25, 0.3) is 0 Å². The van der Waals surface area contributed by atoms with Gasteiger partial charge in [0.15, 0.2) is 11.6 Å². The highest BCUT2D eigenvalue weighted by Crippen LogP contribution is 2.16. The molecule has 1 N–H and O–H groups in total. The maximum absolute atomic E-state index is 13.5. The van der Waals surface area contributed by atoms with E-state index >= 15 is 0 Å². The molecule has 3 nitrogen and oxygen atoms in total. The second kappa shape index (κ2) is 5.75. The van der Waals surface area contributed by atoms with Crippen LogP contribution in [0, 0.1) is 11.6 Å². The summed E-state index contributed by atoms with van der Waals surface area (Å²) in [6, 6.07) is 13.5. The average molecular weight is 285 g/mol. The molecule has 1 heterocycles. The van der Waals surface area contributed by atoms with Crippen molar-refractivity contribution in [3.63, 3.8) is 0 Å². The zero-order chi connectivity index (χ0) is 14.7. The molecule has 3 aromatic rings. The molecule has 0 spiro atoms. The van der Waals surface area contributed by atoms with Crippen LogP contribution in [0.15, 0.2) is 60.9 Å². The number of hydrogen-bond donors (Lipinski definition) is 1. The Hall–Kier alpha value is -2.69. The molecule has 0 aliphatic rings. The van der Waals surface area contributed by atoms with E-state index in [9.17, 15) is 8.78 Å². The van der Waals surface area contributed by atoms with E-state index in [-0.39, 0.29) is 6.54 Å². The molecule has 0 bridgehead atoms. The number of halogens is 2. The summed E-state index contributed by atoms with van der Waals surface area (Å²) in [5, 5.41) is 7.20. The number of nitrogens with zero attached hydrogens (tertiary/aromatic N) is 2. The molecule has 1 aromatic heterocycles. The van der Waals surface area contributed by atoms with Crippen molar-refractivity contribution in [1.82, 2.24) is 9.78 Å². The fourth-order valence-corrected chi connectivity index (χ4v) is 2.04. The molecule has 0 aliphatic carbocycles. The summed E-state index contributed by atoms with van der Waals surface area (Å²) in [6.07, 6.45) is 3.56. The minimum Gasteiger partial charge on any atom is -0.381 e. The van der Waals surface area contributed by atoms with E-state index < -0.39 is 11.6 Å². The fraction of sp³-hybridized carbons (Fsp3) is 0.0625. The van der Waals surface area contributed by atoms with Gasteiger partial charge in [-0.3, -0.25) is 0 Å². The first-order valence-corrected chi connectivity index (χ1v) is 6.51. The van der Waals surface area contributed by atoms with Crippen molar-refractivity contribution in [2.75, 3.05) is 5.32 Å². The standard InChI is InChI=1S/C16H13F2N3/c17-15-4-1-3-12(16(15)18)11-19-13-5-7-14(8-6-13)21-10-2-9-20-21/h1-10,19H,11H2. The monoisotopic (exact) mass is 285 g/mol. The highest BCUT2D eigenvalue weighted by molar-refractivity contribution is 5.48. The summed E-state index contributed by atoms with van der Waals surface area (Å²) in [5.41, 5.74) is 2.06. The van der Waals surface area contributed by atoms with Crippen LogP contribution in [0.1, 0.15) is 5.56 Å². The van der Waals surface area contributed by atoms with Gasteiger partial charge in [0.2, 0.25) is 0 Å². The smallest absolute Gasteiger partial charge is 0.163 e. The predicted molar refractivity (Wildman–Crippen MR) is 77.2 cm³/mol. The number of hydrogen-bond acceptors (Lipinski definition) is 2. The lowest BCUT2D eigenvalue weighted by molar-refractivity contribution is 0.500. The maximum atomic E-state index is 13.5. The van der Waals surface area contributed by atoms with Gasteiger partial charge in [-0.15, -0.1) is 0 Å². The van der Waals surface area contributed by atoms with Crippen LogP contribution in [0.2, 0.25) is 0 Å². The van der Waals surface area contributed by atoms with Gasteiger partial charge in [0, 0.05) is 30.2 Å². The minimum atomic E-state index is -0.830. The highest BCUT2D eigenvalue weighted by Gasteiger charge is 2.07. The van der Waals surface area contributed by atoms with Crippen molar-refractivity contribution in [3.05, 3.63) is 78.1 Å². The number of nitrogens with one attached hydrogen (secondary N) is 1. The summed E-state index contributed by atoms with van der Waals surface area (Å²) in [6.45, 7) is 0.227. The van der Waals surface area contributed by atoms with Gasteiger partial charge in [0.05, 0.1) is 5.69 Å². The Labute approximate surface area is 120 Å². The van der Waals surface area contributed by atoms with Gasteiger partial charge < -0.3 is 5.32 Å². The Kier molecular flexibility index (Phi) is 3.64. The van der Waals surface area contributed by atoms with Gasteiger partial charge in [-0.25, -0.2) is 13.5 Å². The summed E-state index contributed by atoms with van der Waals surface area (Å²) < 4.78 is 28.4. The van der Waals surface area contributed by atoms with Crippen molar-refractivity contribution >= 4 is 5.69 Å². The first-order valence-electron chi connectivity index (χ1n) is 6.51. The first kappa shape index (κ1) is 13.3. The fourth-order valence-electron chi connectivity index (χ4n) is 2.04. The second-order valence-electron chi connectivity index (χ2n) is 4.56. The van der Waals surface area contributed by atoms with Crippen LogP contribution in [0.3, 0.4) is 0 Å². The summed E-state index contributed by atoms with van der Waals surface area (Å²) >= 11 is 0. The zero-order valence-corrected chi connectivity index (χ0v) is 11.1. The lowest BCUT2D eigenvalue weighted by Crippen LogP contribution is -2.03. The number of aromatic nitrogens is 2. The second-order valence-corrected chi connectivity index (χ2v) is 4.56. The third kappa shape index (κ3) is 2.91. The number of benzene rings is 2. The van der Waals surface area contributed by atoms with Crippen molar-refractivity contribution in [2.24, 2.45) is 0 Å². The first-order chi connectivity index (χ1) is 10.2. The van der Waals surface area contributed by atoms with Crippen LogP contribution < -0.4 is 5.32 Å². The molecule has 0 aliphatic heterocycles. The van der Waals surface area contributed by atoms with Crippen molar-refractivity contribution in [2.45, 2.75) is 6.54 Å². The van der Waals surface area contributed by atoms with E-state index in [0.717, 1.165) is 17.4 Å². The van der Waals surface area contributed by atoms with E-state index in [1.165, 1.54) is 6.07 Å². The van der Waals surface area contributed by atoms with Crippen LogP contribution in [0.4, 0.5) is 14.5 Å². The molecule has 0 unspecified atom stereocenters. The largest absolute Gasteiger partial charge is 0.381 e. The number of rotatable bonds is 4. The van der Waals surface area contributed by atoms with Crippen LogP contribution in [0.5, 0.6) is 0 Å². The van der Waals surface area contributed by atoms with Gasteiger partial charge in [-0.1, -0.05) is 12.1 Å². The Morgan fingerprint density at radius 1 is 1.00 bits per heavy atom. The van der Waals surface area contributed by atoms with Crippen LogP contribution >= 0.6 is 0 Å². The quantitative estimate of drug-likeness (QED) is 0.791. The highest BCUT2D eigenvalue weighted by atomic mass is 19.2. The molecule has 3 rings (SSSR count). The van der Waals surface area contributed by atoms with Crippen LogP contribution in [-0.4, -0.2) is 9.78 Å². The SMILES string of the molecule is Fc1cccc(CNc2ccc(-n3cccn3)cc2)c1F. The van der Waals surface area contributed by atoms with Crippen molar-refractivity contribution in [1.29, 1.82) is 0 Å². The summed E-state index contributed by atoms with van der Waals surface area (Å²) in [5.74, 6) is -1.64. The van der Waals surface area contributed by atoms with Gasteiger partial charge in [-0.05, 0) is 36.4 Å². The Balaban J connectivity index is 1.70. The number of anilines is 1. The van der Waals surface area contributed by atoms with Gasteiger partial charge in [-0.2, -0.15) is 5.10 Å². The lowest BCUT2D eigenvalue weighted by atomic mass is 10.2. The third-order valence-corrected chi connectivity index (χ3v) is 3.15. The van der Waals surface area contributed by atoms with Crippen LogP contribution in [0.25, 0.3) is 5.69 Å². The molecule has 2 aromatic carbocycles. The van der Waals surface area contributed by atoms with E-state index in [1.54, 1.807) is 16.9 Å². The molecule has 0 radical (unpaired) electrons. The van der Waals surface area contributed by atoms with Crippen molar-refractivity contribution < 1.29 is 8.78 Å². The molecule has 0 fully saturated rings. The average Bonchev–Trinajstić information content (AvgIpc) is 3.04. The van der Waals surface area contributed by atoms with Gasteiger partial charge in [0.1, 0.15) is 0 Å². The molecular weight excluding hydrogens is 272 g/mol. The third-order valence-electron chi connectivity index (χ3n) is 3.15. The molecule has 106 valence electrons. The zero-order valence-electron chi connectivity index (χ0n) is 11.1. The predicted octanol–water partition coefficient (Wildman–Crippen LogP) is 3.76. The van der Waals surface area contributed by atoms with Crippen molar-refractivity contribution in [3.8, 4) is 5.69 Å². The van der Waals surface area contributed by atoms with Gasteiger partial charge >= 0.3 is 0 Å². The van der Waals surface area contributed by atoms with Crippen LogP contribution in [-0.2, 0) is 6.54 Å². The molecule has 5 heteroatoms. The molecule has 0 saturated carbocycles. The van der Waals surface area contributed by atoms with E-state index in [1.807, 2.05) is 36.5 Å². The molecular formula is C16H13F2N3. The summed E-state index contributed by atoms with van der Waals surface area (Å²) in [7, 11) is 0.